The van der Waals surface area contributed by atoms with E-state index in [4.69, 9.17) is 5.26 Å². The molecule has 13 heavy (non-hydrogen) atoms. The van der Waals surface area contributed by atoms with E-state index in [1.165, 1.54) is 6.07 Å². The average Bonchev–Trinajstić information content (AvgIpc) is 2.79. The van der Waals surface area contributed by atoms with Gasteiger partial charge in [0, 0.05) is 0 Å². The number of aldehydes is 1. The third kappa shape index (κ3) is 1.72. The van der Waals surface area contributed by atoms with Crippen LogP contribution in [0, 0.1) is 16.7 Å². The van der Waals surface area contributed by atoms with Crippen LogP contribution in [0.5, 0.6) is 0 Å². The number of nitriles is 1. The fourth-order valence-corrected chi connectivity index (χ4v) is 1.03. The van der Waals surface area contributed by atoms with Crippen LogP contribution < -0.4 is 0 Å². The summed E-state index contributed by atoms with van der Waals surface area (Å²) >= 11 is 0. The highest BCUT2D eigenvalue weighted by molar-refractivity contribution is 5.79. The maximum atomic E-state index is 12.3. The summed E-state index contributed by atoms with van der Waals surface area (Å²) in [5.41, 5.74) is -2.35. The van der Waals surface area contributed by atoms with Gasteiger partial charge in [-0.15, -0.1) is 0 Å². The number of carbonyl (C=O) groups excluding carboxylic acids is 1. The second-order valence-electron chi connectivity index (χ2n) is 2.98. The molecule has 70 valence electrons. The van der Waals surface area contributed by atoms with Gasteiger partial charge in [0.2, 0.25) is 0 Å². The Kier molecular flexibility index (Phi) is 2.16. The highest BCUT2D eigenvalue weighted by atomic mass is 19.4. The number of allylic oxidation sites excluding steroid dienone is 2. The molecule has 0 N–H and O–H groups in total. The maximum Gasteiger partial charge on any atom is 0.397 e. The topological polar surface area (TPSA) is 40.9 Å². The molecule has 5 heteroatoms. The van der Waals surface area contributed by atoms with Crippen LogP contribution in [-0.4, -0.2) is 12.5 Å². The van der Waals surface area contributed by atoms with E-state index in [1.807, 2.05) is 0 Å². The number of rotatable bonds is 2. The van der Waals surface area contributed by atoms with Gasteiger partial charge < -0.3 is 0 Å². The predicted molar refractivity (Wildman–Crippen MR) is 37.5 cm³/mol. The zero-order valence-corrected chi connectivity index (χ0v) is 6.56. The molecule has 0 saturated heterocycles. The van der Waals surface area contributed by atoms with Crippen molar-refractivity contribution >= 4 is 6.29 Å². The van der Waals surface area contributed by atoms with Crippen molar-refractivity contribution in [2.45, 2.75) is 19.0 Å². The molecule has 1 saturated carbocycles. The summed E-state index contributed by atoms with van der Waals surface area (Å²) in [7, 11) is 0. The van der Waals surface area contributed by atoms with Gasteiger partial charge in [0.25, 0.3) is 0 Å². The summed E-state index contributed by atoms with van der Waals surface area (Å²) in [4.78, 5) is 10.1. The quantitative estimate of drug-likeness (QED) is 0.378. The molecular weight excluding hydrogens is 183 g/mol. The molecule has 0 spiro atoms. The van der Waals surface area contributed by atoms with Crippen molar-refractivity contribution in [2.75, 3.05) is 0 Å². The molecule has 0 radical (unpaired) electrons. The van der Waals surface area contributed by atoms with Crippen molar-refractivity contribution in [2.24, 2.45) is 5.41 Å². The van der Waals surface area contributed by atoms with Crippen LogP contribution in [0.1, 0.15) is 12.8 Å². The van der Waals surface area contributed by atoms with Gasteiger partial charge in [-0.3, -0.25) is 4.79 Å². The molecule has 1 aliphatic carbocycles. The SMILES string of the molecule is N#C/C(C=O)=C\C1(C(F)(F)F)CC1. The number of nitrogens with zero attached hydrogens (tertiary/aromatic N) is 1. The van der Waals surface area contributed by atoms with Gasteiger partial charge in [0.05, 0.1) is 11.0 Å². The Morgan fingerprint density at radius 1 is 1.46 bits per heavy atom. The first-order valence-electron chi connectivity index (χ1n) is 3.60. The average molecular weight is 189 g/mol. The predicted octanol–water partition coefficient (Wildman–Crippen LogP) is 1.98. The third-order valence-electron chi connectivity index (χ3n) is 2.04. The van der Waals surface area contributed by atoms with E-state index in [0.29, 0.717) is 0 Å². The van der Waals surface area contributed by atoms with Crippen LogP contribution in [0.15, 0.2) is 11.6 Å². The van der Waals surface area contributed by atoms with Gasteiger partial charge in [-0.25, -0.2) is 0 Å². The first kappa shape index (κ1) is 9.78. The minimum Gasteiger partial charge on any atom is -0.297 e. The Labute approximate surface area is 72.6 Å². The molecule has 0 atom stereocenters. The van der Waals surface area contributed by atoms with E-state index < -0.39 is 17.2 Å². The van der Waals surface area contributed by atoms with Gasteiger partial charge in [-0.2, -0.15) is 18.4 Å². The molecule has 0 aromatic carbocycles. The van der Waals surface area contributed by atoms with Crippen molar-refractivity contribution in [3.63, 3.8) is 0 Å². The first-order valence-corrected chi connectivity index (χ1v) is 3.60. The van der Waals surface area contributed by atoms with Crippen molar-refractivity contribution in [1.29, 1.82) is 5.26 Å². The van der Waals surface area contributed by atoms with Crippen LogP contribution in [0.25, 0.3) is 0 Å². The minimum atomic E-state index is -4.35. The van der Waals surface area contributed by atoms with Crippen molar-refractivity contribution in [3.8, 4) is 6.07 Å². The normalized spacial score (nSPS) is 20.6. The highest BCUT2D eigenvalue weighted by Gasteiger charge is 2.61. The molecule has 1 fully saturated rings. The summed E-state index contributed by atoms with van der Waals surface area (Å²) in [6, 6.07) is 1.41. The molecule has 0 unspecified atom stereocenters. The number of alkyl halides is 3. The van der Waals surface area contributed by atoms with E-state index in [0.717, 1.165) is 6.08 Å². The molecule has 0 heterocycles. The van der Waals surface area contributed by atoms with Crippen molar-refractivity contribution in [3.05, 3.63) is 11.6 Å². The maximum absolute atomic E-state index is 12.3. The highest BCUT2D eigenvalue weighted by Crippen LogP contribution is 2.58. The van der Waals surface area contributed by atoms with Gasteiger partial charge in [-0.1, -0.05) is 0 Å². The molecule has 0 bridgehead atoms. The summed E-state index contributed by atoms with van der Waals surface area (Å²) in [6.45, 7) is 0. The number of hydrogen-bond acceptors (Lipinski definition) is 2. The monoisotopic (exact) mass is 189 g/mol. The Balaban J connectivity index is 2.91. The zero-order valence-electron chi connectivity index (χ0n) is 6.56. The van der Waals surface area contributed by atoms with Crippen LogP contribution in [0.4, 0.5) is 13.2 Å². The summed E-state index contributed by atoms with van der Waals surface area (Å²) < 4.78 is 36.8. The fourth-order valence-electron chi connectivity index (χ4n) is 1.03. The molecule has 1 aliphatic rings. The molecular formula is C8H6F3NO. The second kappa shape index (κ2) is 2.87. The van der Waals surface area contributed by atoms with Crippen LogP contribution >= 0.6 is 0 Å². The third-order valence-corrected chi connectivity index (χ3v) is 2.04. The molecule has 0 aromatic heterocycles. The van der Waals surface area contributed by atoms with Gasteiger partial charge in [-0.05, 0) is 18.9 Å². The fraction of sp³-hybridized carbons (Fsp3) is 0.500. The van der Waals surface area contributed by atoms with E-state index in [2.05, 4.69) is 0 Å². The van der Waals surface area contributed by atoms with Crippen LogP contribution in [0.3, 0.4) is 0 Å². The molecule has 0 aliphatic heterocycles. The van der Waals surface area contributed by atoms with Gasteiger partial charge >= 0.3 is 6.18 Å². The Morgan fingerprint density at radius 3 is 2.23 bits per heavy atom. The lowest BCUT2D eigenvalue weighted by Crippen LogP contribution is -2.22. The van der Waals surface area contributed by atoms with E-state index >= 15 is 0 Å². The lowest BCUT2D eigenvalue weighted by atomic mass is 10.0. The van der Waals surface area contributed by atoms with Crippen molar-refractivity contribution < 1.29 is 18.0 Å². The molecule has 1 rings (SSSR count). The smallest absolute Gasteiger partial charge is 0.297 e. The second-order valence-corrected chi connectivity index (χ2v) is 2.98. The summed E-state index contributed by atoms with van der Waals surface area (Å²) in [5, 5.41) is 8.27. The molecule has 2 nitrogen and oxygen atoms in total. The van der Waals surface area contributed by atoms with E-state index in [9.17, 15) is 18.0 Å². The lowest BCUT2D eigenvalue weighted by molar-refractivity contribution is -0.171. The van der Waals surface area contributed by atoms with Crippen LogP contribution in [0.2, 0.25) is 0 Å². The lowest BCUT2D eigenvalue weighted by Gasteiger charge is -2.14. The largest absolute Gasteiger partial charge is 0.397 e. The number of halogens is 3. The minimum absolute atomic E-state index is 0.0322. The number of hydrogen-bond donors (Lipinski definition) is 0. The Morgan fingerprint density at radius 2 is 2.00 bits per heavy atom. The molecule has 0 amide bonds. The zero-order chi connectivity index (χ0) is 10.1. The van der Waals surface area contributed by atoms with E-state index in [1.54, 1.807) is 0 Å². The molecule has 0 aromatic rings. The van der Waals surface area contributed by atoms with Gasteiger partial charge in [0.1, 0.15) is 6.07 Å². The summed E-state index contributed by atoms with van der Waals surface area (Å²) in [5.74, 6) is 0. The standard InChI is InChI=1S/C8H6F3NO/c9-8(10,11)7(1-2-7)3-6(4-12)5-13/h3,5H,1-2H2/b6-3+. The van der Waals surface area contributed by atoms with Gasteiger partial charge in [0.15, 0.2) is 6.29 Å². The van der Waals surface area contributed by atoms with Crippen LogP contribution in [-0.2, 0) is 4.79 Å². The van der Waals surface area contributed by atoms with Crippen molar-refractivity contribution in [1.82, 2.24) is 0 Å². The Hall–Kier alpha value is -1.31. The number of carbonyl (C=O) groups is 1. The summed E-state index contributed by atoms with van der Waals surface area (Å²) in [6.07, 6.45) is -3.55. The first-order chi connectivity index (χ1) is 5.95. The Bertz CT molecular complexity index is 293. The van der Waals surface area contributed by atoms with E-state index in [-0.39, 0.29) is 19.1 Å².